The minimum absolute atomic E-state index is 0.508. The van der Waals surface area contributed by atoms with Crippen LogP contribution in [0.4, 0.5) is 0 Å². The molecule has 0 bridgehead atoms. The summed E-state index contributed by atoms with van der Waals surface area (Å²) in [6.07, 6.45) is 12.1. The van der Waals surface area contributed by atoms with Crippen molar-refractivity contribution < 1.29 is 14.2 Å². The van der Waals surface area contributed by atoms with Gasteiger partial charge in [-0.3, -0.25) is 0 Å². The first-order valence-electron chi connectivity index (χ1n) is 7.81. The van der Waals surface area contributed by atoms with Gasteiger partial charge in [0.25, 0.3) is 0 Å². The lowest BCUT2D eigenvalue weighted by molar-refractivity contribution is 0.121. The van der Waals surface area contributed by atoms with E-state index in [1.165, 1.54) is 38.5 Å². The second-order valence-corrected chi connectivity index (χ2v) is 5.17. The Hall–Kier alpha value is -0.380. The minimum Gasteiger partial charge on any atom is -0.381 e. The van der Waals surface area contributed by atoms with Crippen LogP contribution in [0.1, 0.15) is 51.4 Å². The normalized spacial score (nSPS) is 17.6. The molecule has 1 rings (SSSR count). The minimum atomic E-state index is 0.508. The van der Waals surface area contributed by atoms with E-state index in [4.69, 9.17) is 14.2 Å². The Morgan fingerprint density at radius 3 is 2.05 bits per heavy atom. The zero-order chi connectivity index (χ0) is 13.6. The maximum Gasteiger partial charge on any atom is 0.0831 e. The monoisotopic (exact) mass is 270 g/mol. The second kappa shape index (κ2) is 12.6. The fourth-order valence-corrected chi connectivity index (χ4v) is 1.94. The molecular formula is C16H30O3. The molecule has 1 atom stereocenters. The van der Waals surface area contributed by atoms with E-state index in [0.29, 0.717) is 6.10 Å². The predicted octanol–water partition coefficient (Wildman–Crippen LogP) is 3.73. The van der Waals surface area contributed by atoms with Crippen molar-refractivity contribution in [2.45, 2.75) is 57.5 Å². The summed E-state index contributed by atoms with van der Waals surface area (Å²) < 4.78 is 16.2. The lowest BCUT2D eigenvalue weighted by Gasteiger charge is -2.04. The third-order valence-electron chi connectivity index (χ3n) is 3.28. The summed E-state index contributed by atoms with van der Waals surface area (Å²) in [5, 5.41) is 0. The lowest BCUT2D eigenvalue weighted by atomic mass is 10.1. The number of epoxide rings is 1. The van der Waals surface area contributed by atoms with Crippen LogP contribution in [0, 0.1) is 0 Å². The first-order valence-corrected chi connectivity index (χ1v) is 7.81. The van der Waals surface area contributed by atoms with Gasteiger partial charge in [0.1, 0.15) is 0 Å². The van der Waals surface area contributed by atoms with Crippen LogP contribution in [-0.2, 0) is 14.2 Å². The van der Waals surface area contributed by atoms with Gasteiger partial charge >= 0.3 is 0 Å². The van der Waals surface area contributed by atoms with E-state index in [9.17, 15) is 0 Å². The maximum absolute atomic E-state index is 5.56. The Balaban J connectivity index is 1.61. The first-order chi connectivity index (χ1) is 9.43. The molecule has 1 unspecified atom stereocenters. The number of hydrogen-bond donors (Lipinski definition) is 0. The number of ether oxygens (including phenoxy) is 3. The SMILES string of the molecule is C=CCCOCCCCCCCCOCCC1CO1. The maximum atomic E-state index is 5.56. The molecule has 0 aromatic heterocycles. The molecule has 112 valence electrons. The van der Waals surface area contributed by atoms with Crippen LogP contribution in [0.5, 0.6) is 0 Å². The van der Waals surface area contributed by atoms with Gasteiger partial charge in [-0.25, -0.2) is 0 Å². The van der Waals surface area contributed by atoms with Crippen LogP contribution >= 0.6 is 0 Å². The van der Waals surface area contributed by atoms with E-state index in [1.54, 1.807) is 0 Å². The number of rotatable bonds is 15. The molecule has 0 spiro atoms. The molecular weight excluding hydrogens is 240 g/mol. The van der Waals surface area contributed by atoms with Crippen molar-refractivity contribution in [3.05, 3.63) is 12.7 Å². The van der Waals surface area contributed by atoms with E-state index in [-0.39, 0.29) is 0 Å². The highest BCUT2D eigenvalue weighted by atomic mass is 16.6. The summed E-state index contributed by atoms with van der Waals surface area (Å²) in [7, 11) is 0. The van der Waals surface area contributed by atoms with Crippen molar-refractivity contribution in [1.29, 1.82) is 0 Å². The van der Waals surface area contributed by atoms with E-state index >= 15 is 0 Å². The molecule has 0 amide bonds. The molecule has 0 aliphatic carbocycles. The molecule has 19 heavy (non-hydrogen) atoms. The van der Waals surface area contributed by atoms with Crippen LogP contribution in [-0.4, -0.2) is 39.1 Å². The van der Waals surface area contributed by atoms with Gasteiger partial charge in [-0.05, 0) is 25.7 Å². The molecule has 1 heterocycles. The van der Waals surface area contributed by atoms with Gasteiger partial charge in [-0.15, -0.1) is 6.58 Å². The largest absolute Gasteiger partial charge is 0.381 e. The summed E-state index contributed by atoms with van der Waals surface area (Å²) in [6.45, 7) is 8.13. The van der Waals surface area contributed by atoms with Gasteiger partial charge in [0.05, 0.1) is 12.7 Å². The number of hydrogen-bond acceptors (Lipinski definition) is 3. The van der Waals surface area contributed by atoms with Crippen molar-refractivity contribution in [2.24, 2.45) is 0 Å². The molecule has 0 N–H and O–H groups in total. The summed E-state index contributed by atoms with van der Waals surface area (Å²) >= 11 is 0. The molecule has 0 aromatic carbocycles. The highest BCUT2D eigenvalue weighted by molar-refractivity contribution is 4.67. The van der Waals surface area contributed by atoms with Crippen molar-refractivity contribution in [3.63, 3.8) is 0 Å². The molecule has 3 nitrogen and oxygen atoms in total. The molecule has 1 fully saturated rings. The molecule has 1 aliphatic rings. The Bertz CT molecular complexity index is 202. The second-order valence-electron chi connectivity index (χ2n) is 5.17. The van der Waals surface area contributed by atoms with Crippen LogP contribution in [0.15, 0.2) is 12.7 Å². The zero-order valence-electron chi connectivity index (χ0n) is 12.3. The van der Waals surface area contributed by atoms with Crippen molar-refractivity contribution in [2.75, 3.05) is 33.0 Å². The molecule has 1 saturated heterocycles. The zero-order valence-corrected chi connectivity index (χ0v) is 12.3. The van der Waals surface area contributed by atoms with Crippen molar-refractivity contribution in [3.8, 4) is 0 Å². The molecule has 0 aromatic rings. The van der Waals surface area contributed by atoms with Crippen LogP contribution in [0.25, 0.3) is 0 Å². The molecule has 0 radical (unpaired) electrons. The lowest BCUT2D eigenvalue weighted by Crippen LogP contribution is -2.00. The Morgan fingerprint density at radius 2 is 1.47 bits per heavy atom. The summed E-state index contributed by atoms with van der Waals surface area (Å²) in [5.74, 6) is 0. The van der Waals surface area contributed by atoms with E-state index < -0.39 is 0 Å². The highest BCUT2D eigenvalue weighted by Gasteiger charge is 2.21. The van der Waals surface area contributed by atoms with E-state index in [2.05, 4.69) is 6.58 Å². The van der Waals surface area contributed by atoms with Crippen LogP contribution in [0.3, 0.4) is 0 Å². The van der Waals surface area contributed by atoms with Crippen molar-refractivity contribution in [1.82, 2.24) is 0 Å². The van der Waals surface area contributed by atoms with Gasteiger partial charge in [0.15, 0.2) is 0 Å². The van der Waals surface area contributed by atoms with Gasteiger partial charge in [-0.1, -0.05) is 31.8 Å². The standard InChI is InChI=1S/C16H30O3/c1-2-3-11-17-12-8-6-4-5-7-9-13-18-14-10-16-15-19-16/h2,16H,1,3-15H2. The molecule has 3 heteroatoms. The third kappa shape index (κ3) is 12.4. The Labute approximate surface area is 118 Å². The van der Waals surface area contributed by atoms with Gasteiger partial charge in [-0.2, -0.15) is 0 Å². The first kappa shape index (κ1) is 16.7. The van der Waals surface area contributed by atoms with E-state index in [1.807, 2.05) is 6.08 Å². The van der Waals surface area contributed by atoms with Gasteiger partial charge in [0.2, 0.25) is 0 Å². The topological polar surface area (TPSA) is 31.0 Å². The summed E-state index contributed by atoms with van der Waals surface area (Å²) in [5.41, 5.74) is 0. The number of unbranched alkanes of at least 4 members (excludes halogenated alkanes) is 5. The summed E-state index contributed by atoms with van der Waals surface area (Å²) in [6, 6.07) is 0. The fraction of sp³-hybridized carbons (Fsp3) is 0.875. The molecule has 0 saturated carbocycles. The Morgan fingerprint density at radius 1 is 0.895 bits per heavy atom. The highest BCUT2D eigenvalue weighted by Crippen LogP contribution is 2.13. The third-order valence-corrected chi connectivity index (χ3v) is 3.28. The average Bonchev–Trinajstić information content (AvgIpc) is 3.23. The summed E-state index contributed by atoms with van der Waals surface area (Å²) in [4.78, 5) is 0. The Kier molecular flexibility index (Phi) is 11.1. The van der Waals surface area contributed by atoms with E-state index in [0.717, 1.165) is 45.9 Å². The average molecular weight is 270 g/mol. The van der Waals surface area contributed by atoms with Crippen LogP contribution in [0.2, 0.25) is 0 Å². The smallest absolute Gasteiger partial charge is 0.0831 e. The molecule has 1 aliphatic heterocycles. The van der Waals surface area contributed by atoms with Crippen LogP contribution < -0.4 is 0 Å². The van der Waals surface area contributed by atoms with Crippen molar-refractivity contribution >= 4 is 0 Å². The van der Waals surface area contributed by atoms with Gasteiger partial charge in [0, 0.05) is 26.4 Å². The predicted molar refractivity (Wildman–Crippen MR) is 78.5 cm³/mol. The quantitative estimate of drug-likeness (QED) is 0.258. The van der Waals surface area contributed by atoms with Gasteiger partial charge < -0.3 is 14.2 Å². The fourth-order valence-electron chi connectivity index (χ4n) is 1.94.